The van der Waals surface area contributed by atoms with E-state index in [0.29, 0.717) is 35.6 Å². The molecule has 3 rings (SSSR count). The molecule has 0 aliphatic carbocycles. The maximum absolute atomic E-state index is 13.4. The number of carbonyl (C=O) groups is 1. The highest BCUT2D eigenvalue weighted by Crippen LogP contribution is 2.36. The van der Waals surface area contributed by atoms with Crippen LogP contribution in [0.4, 0.5) is 17.6 Å². The van der Waals surface area contributed by atoms with Gasteiger partial charge in [0.05, 0.1) is 19.8 Å². The van der Waals surface area contributed by atoms with Crippen molar-refractivity contribution in [1.29, 1.82) is 0 Å². The zero-order valence-corrected chi connectivity index (χ0v) is 20.2. The highest BCUT2D eigenvalue weighted by molar-refractivity contribution is 5.82. The van der Waals surface area contributed by atoms with Crippen LogP contribution >= 0.6 is 0 Å². The van der Waals surface area contributed by atoms with Crippen LogP contribution in [-0.2, 0) is 11.0 Å². The third kappa shape index (κ3) is 6.54. The van der Waals surface area contributed by atoms with Gasteiger partial charge in [-0.05, 0) is 66.1 Å². The Balaban J connectivity index is 1.89. The number of amides is 1. The van der Waals surface area contributed by atoms with Gasteiger partial charge in [-0.15, -0.1) is 0 Å². The van der Waals surface area contributed by atoms with Gasteiger partial charge in [0.1, 0.15) is 11.9 Å². The first-order valence-electron chi connectivity index (χ1n) is 11.3. The second-order valence-electron chi connectivity index (χ2n) is 8.13. The Bertz CT molecular complexity index is 1150. The summed E-state index contributed by atoms with van der Waals surface area (Å²) in [5.74, 6) is 0.0122. The standard InChI is InChI=1S/C27H28F4N2O3/c1-32-26(34)25(18-6-11-21(28)12-7-18)33-15-14-22(17-4-9-20(10-5-17)27(29,30)31)19-8-13-23(35-2)24(16-19)36-3/h4-13,16,22,25,33H,14-15H2,1-3H3,(H,32,34)/t22-,25+/m0/s1. The summed E-state index contributed by atoms with van der Waals surface area (Å²) in [5.41, 5.74) is 1.35. The van der Waals surface area contributed by atoms with Crippen molar-refractivity contribution >= 4 is 5.91 Å². The number of nitrogens with one attached hydrogen (secondary N) is 2. The largest absolute Gasteiger partial charge is 0.493 e. The Morgan fingerprint density at radius 1 is 0.861 bits per heavy atom. The Kier molecular flexibility index (Phi) is 8.93. The van der Waals surface area contributed by atoms with E-state index in [1.165, 1.54) is 57.7 Å². The fourth-order valence-electron chi connectivity index (χ4n) is 4.03. The van der Waals surface area contributed by atoms with E-state index in [2.05, 4.69) is 10.6 Å². The molecule has 1 amide bonds. The van der Waals surface area contributed by atoms with Crippen LogP contribution in [0, 0.1) is 5.82 Å². The van der Waals surface area contributed by atoms with Crippen LogP contribution in [0.5, 0.6) is 11.5 Å². The number of rotatable bonds is 10. The van der Waals surface area contributed by atoms with E-state index in [-0.39, 0.29) is 11.8 Å². The maximum atomic E-state index is 13.4. The molecule has 0 aliphatic rings. The van der Waals surface area contributed by atoms with Gasteiger partial charge in [-0.2, -0.15) is 13.2 Å². The number of halogens is 4. The van der Waals surface area contributed by atoms with Gasteiger partial charge in [-0.25, -0.2) is 4.39 Å². The van der Waals surface area contributed by atoms with Crippen molar-refractivity contribution in [3.8, 4) is 11.5 Å². The number of hydrogen-bond donors (Lipinski definition) is 2. The molecule has 2 N–H and O–H groups in total. The van der Waals surface area contributed by atoms with Crippen molar-refractivity contribution in [2.45, 2.75) is 24.6 Å². The minimum atomic E-state index is -4.44. The summed E-state index contributed by atoms with van der Waals surface area (Å²) >= 11 is 0. The molecule has 0 unspecified atom stereocenters. The van der Waals surface area contributed by atoms with Crippen molar-refractivity contribution in [3.05, 3.63) is 94.8 Å². The first kappa shape index (κ1) is 27.0. The predicted molar refractivity (Wildman–Crippen MR) is 129 cm³/mol. The number of alkyl halides is 3. The van der Waals surface area contributed by atoms with Gasteiger partial charge >= 0.3 is 6.18 Å². The Morgan fingerprint density at radius 3 is 2.00 bits per heavy atom. The minimum absolute atomic E-state index is 0.293. The SMILES string of the molecule is CNC(=O)[C@H](NCC[C@@H](c1ccc(C(F)(F)F)cc1)c1ccc(OC)c(OC)c1)c1ccc(F)cc1. The van der Waals surface area contributed by atoms with E-state index < -0.39 is 23.6 Å². The lowest BCUT2D eigenvalue weighted by atomic mass is 9.87. The molecule has 0 aromatic heterocycles. The van der Waals surface area contributed by atoms with Crippen LogP contribution in [0.3, 0.4) is 0 Å². The van der Waals surface area contributed by atoms with Gasteiger partial charge in [-0.3, -0.25) is 4.79 Å². The van der Waals surface area contributed by atoms with Gasteiger partial charge in [-0.1, -0.05) is 30.3 Å². The number of ether oxygens (including phenoxy) is 2. The molecule has 9 heteroatoms. The average Bonchev–Trinajstić information content (AvgIpc) is 2.88. The highest BCUT2D eigenvalue weighted by atomic mass is 19.4. The van der Waals surface area contributed by atoms with E-state index in [1.807, 2.05) is 6.07 Å². The maximum Gasteiger partial charge on any atom is 0.416 e. The molecule has 0 saturated heterocycles. The number of carbonyl (C=O) groups excluding carboxylic acids is 1. The van der Waals surface area contributed by atoms with Crippen LogP contribution in [0.15, 0.2) is 66.7 Å². The third-order valence-electron chi connectivity index (χ3n) is 5.94. The normalized spacial score (nSPS) is 13.1. The predicted octanol–water partition coefficient (Wildman–Crippen LogP) is 5.46. The van der Waals surface area contributed by atoms with Crippen molar-refractivity contribution in [3.63, 3.8) is 0 Å². The molecular formula is C27H28F4N2O3. The lowest BCUT2D eigenvalue weighted by Crippen LogP contribution is -2.36. The van der Waals surface area contributed by atoms with Gasteiger partial charge in [0.15, 0.2) is 11.5 Å². The number of likely N-dealkylation sites (N-methyl/N-ethyl adjacent to an activating group) is 1. The van der Waals surface area contributed by atoms with E-state index in [9.17, 15) is 22.4 Å². The van der Waals surface area contributed by atoms with Crippen LogP contribution in [-0.4, -0.2) is 33.7 Å². The van der Waals surface area contributed by atoms with E-state index in [1.54, 1.807) is 12.1 Å². The molecule has 36 heavy (non-hydrogen) atoms. The number of methoxy groups -OCH3 is 2. The molecule has 0 aliphatic heterocycles. The molecule has 192 valence electrons. The topological polar surface area (TPSA) is 59.6 Å². The molecule has 2 atom stereocenters. The van der Waals surface area contributed by atoms with E-state index >= 15 is 0 Å². The average molecular weight is 505 g/mol. The summed E-state index contributed by atoms with van der Waals surface area (Å²) in [6.07, 6.45) is -3.98. The van der Waals surface area contributed by atoms with Gasteiger partial charge in [0, 0.05) is 13.0 Å². The summed E-state index contributed by atoms with van der Waals surface area (Å²) in [7, 11) is 4.53. The molecular weight excluding hydrogens is 476 g/mol. The van der Waals surface area contributed by atoms with Crippen molar-refractivity contribution < 1.29 is 31.8 Å². The molecule has 0 heterocycles. The smallest absolute Gasteiger partial charge is 0.416 e. The molecule has 0 spiro atoms. The van der Waals surface area contributed by atoms with Gasteiger partial charge in [0.2, 0.25) is 5.91 Å². The quantitative estimate of drug-likeness (QED) is 0.360. The summed E-state index contributed by atoms with van der Waals surface area (Å²) in [6.45, 7) is 0.343. The number of benzene rings is 3. The molecule has 5 nitrogen and oxygen atoms in total. The summed E-state index contributed by atoms with van der Waals surface area (Å²) < 4.78 is 63.4. The third-order valence-corrected chi connectivity index (χ3v) is 5.94. The zero-order chi connectivity index (χ0) is 26.3. The first-order chi connectivity index (χ1) is 17.2. The highest BCUT2D eigenvalue weighted by Gasteiger charge is 2.30. The Labute approximate surface area is 207 Å². The summed E-state index contributed by atoms with van der Waals surface area (Å²) in [4.78, 5) is 12.5. The summed E-state index contributed by atoms with van der Waals surface area (Å²) in [5, 5.41) is 5.79. The van der Waals surface area contributed by atoms with Crippen LogP contribution in [0.1, 0.15) is 40.6 Å². The zero-order valence-electron chi connectivity index (χ0n) is 20.2. The van der Waals surface area contributed by atoms with Crippen LogP contribution in [0.25, 0.3) is 0 Å². The molecule has 0 saturated carbocycles. The van der Waals surface area contributed by atoms with E-state index in [0.717, 1.165) is 17.7 Å². The van der Waals surface area contributed by atoms with Crippen LogP contribution in [0.2, 0.25) is 0 Å². The molecule has 0 bridgehead atoms. The first-order valence-corrected chi connectivity index (χ1v) is 11.3. The minimum Gasteiger partial charge on any atom is -0.493 e. The fraction of sp³-hybridized carbons (Fsp3) is 0.296. The van der Waals surface area contributed by atoms with Crippen molar-refractivity contribution in [2.75, 3.05) is 27.8 Å². The lowest BCUT2D eigenvalue weighted by Gasteiger charge is -2.23. The second-order valence-corrected chi connectivity index (χ2v) is 8.13. The molecule has 3 aromatic carbocycles. The number of hydrogen-bond acceptors (Lipinski definition) is 4. The second kappa shape index (κ2) is 11.9. The van der Waals surface area contributed by atoms with Crippen LogP contribution < -0.4 is 20.1 Å². The molecule has 3 aromatic rings. The van der Waals surface area contributed by atoms with Crippen molar-refractivity contribution in [1.82, 2.24) is 10.6 Å². The Morgan fingerprint density at radius 2 is 1.44 bits per heavy atom. The monoisotopic (exact) mass is 504 g/mol. The molecule has 0 fully saturated rings. The summed E-state index contributed by atoms with van der Waals surface area (Å²) in [6, 6.07) is 15.3. The molecule has 0 radical (unpaired) electrons. The van der Waals surface area contributed by atoms with Crippen molar-refractivity contribution in [2.24, 2.45) is 0 Å². The van der Waals surface area contributed by atoms with Gasteiger partial charge in [0.25, 0.3) is 0 Å². The lowest BCUT2D eigenvalue weighted by molar-refractivity contribution is -0.137. The van der Waals surface area contributed by atoms with Gasteiger partial charge < -0.3 is 20.1 Å². The Hall–Kier alpha value is -3.59. The van der Waals surface area contributed by atoms with E-state index in [4.69, 9.17) is 9.47 Å². The fourth-order valence-corrected chi connectivity index (χ4v) is 4.03.